The topological polar surface area (TPSA) is 37.8 Å². The van der Waals surface area contributed by atoms with Gasteiger partial charge in [0.1, 0.15) is 0 Å². The summed E-state index contributed by atoms with van der Waals surface area (Å²) in [6, 6.07) is 4.50. The molecule has 3 heteroatoms. The molecule has 90 valence electrons. The van der Waals surface area contributed by atoms with Crippen LogP contribution in [-0.2, 0) is 6.54 Å². The molecule has 0 radical (unpaired) electrons. The van der Waals surface area contributed by atoms with E-state index in [1.54, 1.807) is 6.20 Å². The quantitative estimate of drug-likeness (QED) is 0.686. The summed E-state index contributed by atoms with van der Waals surface area (Å²) in [5.41, 5.74) is 1.02. The molecule has 1 atom stereocenters. The van der Waals surface area contributed by atoms with E-state index < -0.39 is 0 Å². The average molecular weight is 221 g/mol. The third kappa shape index (κ3) is 5.81. The lowest BCUT2D eigenvalue weighted by molar-refractivity contribution is 0.478. The van der Waals surface area contributed by atoms with Crippen LogP contribution in [0.15, 0.2) is 18.3 Å². The maximum absolute atomic E-state index is 4.05. The van der Waals surface area contributed by atoms with Crippen LogP contribution in [0, 0.1) is 0 Å². The smallest absolute Gasteiger partial charge is 0.0769 e. The molecule has 1 N–H and O–H groups in total. The fraction of sp³-hybridized carbons (Fsp3) is 0.692. The highest BCUT2D eigenvalue weighted by molar-refractivity contribution is 4.98. The van der Waals surface area contributed by atoms with Gasteiger partial charge in [0.25, 0.3) is 0 Å². The number of hydrogen-bond donors (Lipinski definition) is 1. The van der Waals surface area contributed by atoms with Crippen molar-refractivity contribution < 1.29 is 0 Å². The first-order valence-electron chi connectivity index (χ1n) is 6.33. The summed E-state index contributed by atoms with van der Waals surface area (Å²) in [5.74, 6) is 0. The van der Waals surface area contributed by atoms with Crippen LogP contribution in [0.4, 0.5) is 0 Å². The van der Waals surface area contributed by atoms with E-state index in [-0.39, 0.29) is 0 Å². The van der Waals surface area contributed by atoms with Crippen molar-refractivity contribution in [2.24, 2.45) is 0 Å². The van der Waals surface area contributed by atoms with Crippen LogP contribution in [-0.4, -0.2) is 16.2 Å². The molecule has 0 saturated carbocycles. The minimum atomic E-state index is 0.568. The summed E-state index contributed by atoms with van der Waals surface area (Å²) < 4.78 is 0. The second kappa shape index (κ2) is 8.22. The Bertz CT molecular complexity index is 261. The summed E-state index contributed by atoms with van der Waals surface area (Å²) in [5, 5.41) is 11.4. The SMILES string of the molecule is CCCCCCC(C)NCc1cccnn1. The minimum absolute atomic E-state index is 0.568. The van der Waals surface area contributed by atoms with E-state index in [4.69, 9.17) is 0 Å². The van der Waals surface area contributed by atoms with Crippen molar-refractivity contribution in [1.82, 2.24) is 15.5 Å². The van der Waals surface area contributed by atoms with Gasteiger partial charge in [-0.3, -0.25) is 0 Å². The number of nitrogens with zero attached hydrogens (tertiary/aromatic N) is 2. The first-order valence-corrected chi connectivity index (χ1v) is 6.33. The Kier molecular flexibility index (Phi) is 6.74. The minimum Gasteiger partial charge on any atom is -0.309 e. The predicted molar refractivity (Wildman–Crippen MR) is 67.1 cm³/mol. The number of nitrogens with one attached hydrogen (secondary N) is 1. The molecule has 16 heavy (non-hydrogen) atoms. The molecule has 0 saturated heterocycles. The van der Waals surface area contributed by atoms with Crippen LogP contribution in [0.2, 0.25) is 0 Å². The number of hydrogen-bond acceptors (Lipinski definition) is 3. The Labute approximate surface area is 98.7 Å². The molecule has 0 aliphatic heterocycles. The molecule has 0 amide bonds. The van der Waals surface area contributed by atoms with Crippen LogP contribution < -0.4 is 5.32 Å². The summed E-state index contributed by atoms with van der Waals surface area (Å²) in [4.78, 5) is 0. The molecule has 1 rings (SSSR count). The molecular formula is C13H23N3. The second-order valence-corrected chi connectivity index (χ2v) is 4.35. The molecular weight excluding hydrogens is 198 g/mol. The number of unbranched alkanes of at least 4 members (excludes halogenated alkanes) is 3. The largest absolute Gasteiger partial charge is 0.309 e. The predicted octanol–water partition coefficient (Wildman–Crippen LogP) is 2.93. The van der Waals surface area contributed by atoms with Gasteiger partial charge in [0.2, 0.25) is 0 Å². The number of aromatic nitrogens is 2. The molecule has 1 aromatic heterocycles. The Morgan fingerprint density at radius 3 is 2.88 bits per heavy atom. The van der Waals surface area contributed by atoms with Crippen molar-refractivity contribution in [3.05, 3.63) is 24.0 Å². The maximum Gasteiger partial charge on any atom is 0.0769 e. The van der Waals surface area contributed by atoms with Crippen molar-refractivity contribution in [2.45, 2.75) is 58.5 Å². The fourth-order valence-electron chi connectivity index (χ4n) is 1.69. The van der Waals surface area contributed by atoms with Gasteiger partial charge in [0.15, 0.2) is 0 Å². The van der Waals surface area contributed by atoms with Gasteiger partial charge in [0, 0.05) is 18.8 Å². The standard InChI is InChI=1S/C13H23N3/c1-3-4-5-6-8-12(2)14-11-13-9-7-10-15-16-13/h7,9-10,12,14H,3-6,8,11H2,1-2H3. The summed E-state index contributed by atoms with van der Waals surface area (Å²) in [7, 11) is 0. The Hall–Kier alpha value is -0.960. The monoisotopic (exact) mass is 221 g/mol. The summed E-state index contributed by atoms with van der Waals surface area (Å²) in [6.07, 6.45) is 8.30. The van der Waals surface area contributed by atoms with Gasteiger partial charge in [-0.15, -0.1) is 0 Å². The van der Waals surface area contributed by atoms with Crippen molar-refractivity contribution in [2.75, 3.05) is 0 Å². The van der Waals surface area contributed by atoms with E-state index in [2.05, 4.69) is 29.4 Å². The first-order chi connectivity index (χ1) is 7.83. The van der Waals surface area contributed by atoms with Crippen LogP contribution in [0.3, 0.4) is 0 Å². The highest BCUT2D eigenvalue weighted by Crippen LogP contribution is 2.05. The van der Waals surface area contributed by atoms with Crippen molar-refractivity contribution in [3.8, 4) is 0 Å². The van der Waals surface area contributed by atoms with Gasteiger partial charge in [-0.25, -0.2) is 0 Å². The zero-order chi connectivity index (χ0) is 11.6. The van der Waals surface area contributed by atoms with Crippen LogP contribution in [0.1, 0.15) is 51.6 Å². The number of rotatable bonds is 8. The van der Waals surface area contributed by atoms with E-state index in [1.807, 2.05) is 12.1 Å². The van der Waals surface area contributed by atoms with Crippen molar-refractivity contribution in [3.63, 3.8) is 0 Å². The molecule has 0 aromatic carbocycles. The van der Waals surface area contributed by atoms with Gasteiger partial charge in [-0.05, 0) is 25.5 Å². The fourth-order valence-corrected chi connectivity index (χ4v) is 1.69. The lowest BCUT2D eigenvalue weighted by Crippen LogP contribution is -2.25. The van der Waals surface area contributed by atoms with Crippen LogP contribution in [0.25, 0.3) is 0 Å². The van der Waals surface area contributed by atoms with E-state index in [1.165, 1.54) is 32.1 Å². The van der Waals surface area contributed by atoms with Crippen molar-refractivity contribution >= 4 is 0 Å². The maximum atomic E-state index is 4.05. The van der Waals surface area contributed by atoms with Crippen molar-refractivity contribution in [1.29, 1.82) is 0 Å². The van der Waals surface area contributed by atoms with E-state index in [9.17, 15) is 0 Å². The molecule has 3 nitrogen and oxygen atoms in total. The average Bonchev–Trinajstić information content (AvgIpc) is 2.33. The first kappa shape index (κ1) is 13.1. The lowest BCUT2D eigenvalue weighted by Gasteiger charge is -2.12. The van der Waals surface area contributed by atoms with Gasteiger partial charge < -0.3 is 5.32 Å². The molecule has 0 spiro atoms. The zero-order valence-corrected chi connectivity index (χ0v) is 10.4. The van der Waals surface area contributed by atoms with E-state index in [0.29, 0.717) is 6.04 Å². The third-order valence-electron chi connectivity index (χ3n) is 2.75. The van der Waals surface area contributed by atoms with Gasteiger partial charge >= 0.3 is 0 Å². The summed E-state index contributed by atoms with van der Waals surface area (Å²) >= 11 is 0. The van der Waals surface area contributed by atoms with Gasteiger partial charge in [0.05, 0.1) is 5.69 Å². The molecule has 1 aromatic rings. The van der Waals surface area contributed by atoms with Crippen LogP contribution >= 0.6 is 0 Å². The van der Waals surface area contributed by atoms with Gasteiger partial charge in [-0.1, -0.05) is 32.6 Å². The van der Waals surface area contributed by atoms with E-state index >= 15 is 0 Å². The van der Waals surface area contributed by atoms with Gasteiger partial charge in [-0.2, -0.15) is 10.2 Å². The highest BCUT2D eigenvalue weighted by atomic mass is 15.1. The molecule has 1 unspecified atom stereocenters. The Morgan fingerprint density at radius 2 is 2.19 bits per heavy atom. The molecule has 0 aliphatic rings. The normalized spacial score (nSPS) is 12.6. The second-order valence-electron chi connectivity index (χ2n) is 4.35. The van der Waals surface area contributed by atoms with E-state index in [0.717, 1.165) is 12.2 Å². The lowest BCUT2D eigenvalue weighted by atomic mass is 10.1. The Balaban J connectivity index is 2.08. The molecule has 0 bridgehead atoms. The Morgan fingerprint density at radius 1 is 1.31 bits per heavy atom. The van der Waals surface area contributed by atoms with Crippen LogP contribution in [0.5, 0.6) is 0 Å². The summed E-state index contributed by atoms with van der Waals surface area (Å²) in [6.45, 7) is 5.31. The molecule has 0 fully saturated rings. The molecule has 1 heterocycles. The zero-order valence-electron chi connectivity index (χ0n) is 10.4. The third-order valence-corrected chi connectivity index (χ3v) is 2.75. The molecule has 0 aliphatic carbocycles. The highest BCUT2D eigenvalue weighted by Gasteiger charge is 2.01.